The van der Waals surface area contributed by atoms with E-state index in [4.69, 9.17) is 4.42 Å². The number of nitrogens with one attached hydrogen (secondary N) is 1. The fourth-order valence-electron chi connectivity index (χ4n) is 2.44. The van der Waals surface area contributed by atoms with Crippen molar-refractivity contribution in [3.05, 3.63) is 53.7 Å². The quantitative estimate of drug-likeness (QED) is 0.786. The van der Waals surface area contributed by atoms with Crippen LogP contribution in [0, 0.1) is 0 Å². The molecule has 3 heterocycles. The number of benzene rings is 1. The van der Waals surface area contributed by atoms with Gasteiger partial charge in [-0.3, -0.25) is 14.5 Å². The summed E-state index contributed by atoms with van der Waals surface area (Å²) < 4.78 is 5.29. The molecule has 0 bridgehead atoms. The lowest BCUT2D eigenvalue weighted by Gasteiger charge is -2.28. The molecule has 0 fully saturated rings. The van der Waals surface area contributed by atoms with Crippen LogP contribution in [0.1, 0.15) is 10.5 Å². The molecule has 0 saturated heterocycles. The number of nitrogens with zero attached hydrogens (tertiary/aromatic N) is 2. The predicted octanol–water partition coefficient (Wildman–Crippen LogP) is 3.00. The third-order valence-electron chi connectivity index (χ3n) is 3.47. The van der Waals surface area contributed by atoms with Crippen LogP contribution in [-0.4, -0.2) is 23.3 Å². The molecule has 0 aliphatic carbocycles. The summed E-state index contributed by atoms with van der Waals surface area (Å²) >= 11 is 1.33. The Balaban J connectivity index is 1.68. The van der Waals surface area contributed by atoms with E-state index >= 15 is 0 Å². The second-order valence-electron chi connectivity index (χ2n) is 4.97. The van der Waals surface area contributed by atoms with Gasteiger partial charge in [0.05, 0.1) is 17.6 Å². The van der Waals surface area contributed by atoms with Crippen molar-refractivity contribution < 1.29 is 14.0 Å². The van der Waals surface area contributed by atoms with Crippen molar-refractivity contribution in [2.24, 2.45) is 0 Å². The molecule has 1 N–H and O–H groups in total. The molecule has 0 unspecified atom stereocenters. The maximum absolute atomic E-state index is 12.8. The first-order valence-corrected chi connectivity index (χ1v) is 7.80. The normalized spacial score (nSPS) is 13.6. The smallest absolute Gasteiger partial charge is 0.278 e. The molecule has 2 amide bonds. The Bertz CT molecular complexity index is 886. The van der Waals surface area contributed by atoms with Crippen molar-refractivity contribution >= 4 is 34.5 Å². The predicted molar refractivity (Wildman–Crippen MR) is 86.6 cm³/mol. The fourth-order valence-corrected chi connectivity index (χ4v) is 3.20. The minimum atomic E-state index is -0.304. The number of hydrogen-bond acceptors (Lipinski definition) is 5. The van der Waals surface area contributed by atoms with Crippen LogP contribution < -0.4 is 10.2 Å². The lowest BCUT2D eigenvalue weighted by molar-refractivity contribution is -0.115. The summed E-state index contributed by atoms with van der Waals surface area (Å²) in [6.45, 7) is -0.0243. The molecular weight excluding hydrogens is 314 g/mol. The van der Waals surface area contributed by atoms with Crippen LogP contribution in [0.15, 0.2) is 52.5 Å². The molecule has 2 aromatic heterocycles. The SMILES string of the molecule is O=C1CN(C(=O)c2csc(-c3ccco3)n2)c2ccccc2N1. The van der Waals surface area contributed by atoms with E-state index in [0.717, 1.165) is 0 Å². The van der Waals surface area contributed by atoms with Gasteiger partial charge in [0, 0.05) is 5.38 Å². The highest BCUT2D eigenvalue weighted by molar-refractivity contribution is 7.13. The Morgan fingerprint density at radius 1 is 1.26 bits per heavy atom. The zero-order valence-corrected chi connectivity index (χ0v) is 12.7. The summed E-state index contributed by atoms with van der Waals surface area (Å²) in [5, 5.41) is 5.07. The zero-order chi connectivity index (χ0) is 15.8. The van der Waals surface area contributed by atoms with Gasteiger partial charge >= 0.3 is 0 Å². The average Bonchev–Trinajstić information content (AvgIpc) is 3.24. The first-order valence-electron chi connectivity index (χ1n) is 6.92. The van der Waals surface area contributed by atoms with Crippen molar-refractivity contribution in [2.75, 3.05) is 16.8 Å². The van der Waals surface area contributed by atoms with E-state index in [1.807, 2.05) is 12.1 Å². The number of amides is 2. The van der Waals surface area contributed by atoms with E-state index in [9.17, 15) is 9.59 Å². The summed E-state index contributed by atoms with van der Waals surface area (Å²) in [6, 6.07) is 10.8. The molecule has 4 rings (SSSR count). The lowest BCUT2D eigenvalue weighted by Crippen LogP contribution is -2.42. The highest BCUT2D eigenvalue weighted by atomic mass is 32.1. The Hall–Kier alpha value is -2.93. The Morgan fingerprint density at radius 3 is 2.96 bits per heavy atom. The number of carbonyl (C=O) groups is 2. The molecule has 1 aliphatic rings. The van der Waals surface area contributed by atoms with Crippen LogP contribution in [-0.2, 0) is 4.79 Å². The van der Waals surface area contributed by atoms with Gasteiger partial charge < -0.3 is 9.73 Å². The Labute approximate surface area is 135 Å². The van der Waals surface area contributed by atoms with Gasteiger partial charge in [-0.15, -0.1) is 11.3 Å². The average molecular weight is 325 g/mol. The molecule has 0 radical (unpaired) electrons. The van der Waals surface area contributed by atoms with Gasteiger partial charge in [0.25, 0.3) is 5.91 Å². The maximum Gasteiger partial charge on any atom is 0.278 e. The van der Waals surface area contributed by atoms with Gasteiger partial charge in [0.2, 0.25) is 5.91 Å². The molecule has 0 spiro atoms. The molecule has 0 atom stereocenters. The fraction of sp³-hybridized carbons (Fsp3) is 0.0625. The second kappa shape index (κ2) is 5.36. The van der Waals surface area contributed by atoms with Crippen LogP contribution in [0.4, 0.5) is 11.4 Å². The van der Waals surface area contributed by atoms with Crippen molar-refractivity contribution in [1.82, 2.24) is 4.98 Å². The summed E-state index contributed by atoms with van der Waals surface area (Å²) in [5.41, 5.74) is 1.59. The van der Waals surface area contributed by atoms with Gasteiger partial charge in [-0.2, -0.15) is 0 Å². The van der Waals surface area contributed by atoms with Gasteiger partial charge in [-0.25, -0.2) is 4.98 Å². The lowest BCUT2D eigenvalue weighted by atomic mass is 10.2. The molecule has 1 aliphatic heterocycles. The summed E-state index contributed by atoms with van der Waals surface area (Å²) in [6.07, 6.45) is 1.56. The highest BCUT2D eigenvalue weighted by Crippen LogP contribution is 2.31. The molecule has 114 valence electrons. The Kier molecular flexibility index (Phi) is 3.20. The first-order chi connectivity index (χ1) is 11.2. The Morgan fingerprint density at radius 2 is 2.13 bits per heavy atom. The maximum atomic E-state index is 12.8. The summed E-state index contributed by atoms with van der Waals surface area (Å²) in [4.78, 5) is 30.3. The number of anilines is 2. The standard InChI is InChI=1S/C16H11N3O3S/c20-14-8-19(12-5-2-1-4-10(12)17-14)16(21)11-9-23-15(18-11)13-6-3-7-22-13/h1-7,9H,8H2,(H,17,20). The van der Waals surface area contributed by atoms with E-state index in [1.165, 1.54) is 16.2 Å². The number of hydrogen-bond donors (Lipinski definition) is 1. The van der Waals surface area contributed by atoms with Crippen molar-refractivity contribution in [3.8, 4) is 10.8 Å². The molecule has 1 aromatic carbocycles. The van der Waals surface area contributed by atoms with Gasteiger partial charge in [-0.05, 0) is 24.3 Å². The monoisotopic (exact) mass is 325 g/mol. The number of aromatic nitrogens is 1. The molecule has 6 nitrogen and oxygen atoms in total. The minimum absolute atomic E-state index is 0.0243. The topological polar surface area (TPSA) is 75.4 Å². The van der Waals surface area contributed by atoms with Gasteiger partial charge in [-0.1, -0.05) is 12.1 Å². The number of carbonyl (C=O) groups excluding carboxylic acids is 2. The van der Waals surface area contributed by atoms with Crippen molar-refractivity contribution in [3.63, 3.8) is 0 Å². The molecule has 3 aromatic rings. The number of thiazole rings is 1. The highest BCUT2D eigenvalue weighted by Gasteiger charge is 2.28. The van der Waals surface area contributed by atoms with Crippen LogP contribution in [0.25, 0.3) is 10.8 Å². The number of para-hydroxylation sites is 2. The third-order valence-corrected chi connectivity index (χ3v) is 4.33. The van der Waals surface area contributed by atoms with Crippen LogP contribution in [0.5, 0.6) is 0 Å². The van der Waals surface area contributed by atoms with Gasteiger partial charge in [0.1, 0.15) is 12.2 Å². The molecule has 7 heteroatoms. The van der Waals surface area contributed by atoms with Crippen LogP contribution >= 0.6 is 11.3 Å². The molecular formula is C16H11N3O3S. The zero-order valence-electron chi connectivity index (χ0n) is 11.9. The van der Waals surface area contributed by atoms with E-state index in [1.54, 1.807) is 35.9 Å². The van der Waals surface area contributed by atoms with E-state index in [2.05, 4.69) is 10.3 Å². The molecule has 23 heavy (non-hydrogen) atoms. The summed E-state index contributed by atoms with van der Waals surface area (Å²) in [7, 11) is 0. The minimum Gasteiger partial charge on any atom is -0.462 e. The number of fused-ring (bicyclic) bond motifs is 1. The van der Waals surface area contributed by atoms with E-state index < -0.39 is 0 Å². The van der Waals surface area contributed by atoms with Crippen molar-refractivity contribution in [2.45, 2.75) is 0 Å². The number of rotatable bonds is 2. The van der Waals surface area contributed by atoms with E-state index in [0.29, 0.717) is 27.8 Å². The number of furan rings is 1. The van der Waals surface area contributed by atoms with Crippen LogP contribution in [0.3, 0.4) is 0 Å². The van der Waals surface area contributed by atoms with E-state index in [-0.39, 0.29) is 18.4 Å². The summed E-state index contributed by atoms with van der Waals surface area (Å²) in [5.74, 6) is 0.0886. The van der Waals surface area contributed by atoms with Crippen molar-refractivity contribution in [1.29, 1.82) is 0 Å². The third kappa shape index (κ3) is 2.40. The first kappa shape index (κ1) is 13.7. The van der Waals surface area contributed by atoms with Crippen LogP contribution in [0.2, 0.25) is 0 Å². The van der Waals surface area contributed by atoms with Gasteiger partial charge in [0.15, 0.2) is 10.8 Å². The largest absolute Gasteiger partial charge is 0.462 e. The molecule has 0 saturated carbocycles. The second-order valence-corrected chi connectivity index (χ2v) is 5.83.